The first-order valence-corrected chi connectivity index (χ1v) is 10.3. The summed E-state index contributed by atoms with van der Waals surface area (Å²) in [5.74, 6) is -1.70. The number of carbonyl (C=O) groups excluding carboxylic acids is 1. The van der Waals surface area contributed by atoms with Gasteiger partial charge in [0.15, 0.2) is 0 Å². The SMILES string of the molecule is O=C(O)c1c(CC(=O)N2CCC2)c2cc(F)ccc2n1Cc1cccc2ccccc12. The zero-order valence-electron chi connectivity index (χ0n) is 16.8. The maximum absolute atomic E-state index is 14.1. The maximum Gasteiger partial charge on any atom is 0.352 e. The molecule has 3 aromatic carbocycles. The summed E-state index contributed by atoms with van der Waals surface area (Å²) in [7, 11) is 0. The standard InChI is InChI=1S/C25H21FN2O3/c26-18-9-10-22-20(13-18)21(14-23(29)27-11-4-12-27)24(25(30)31)28(22)15-17-7-3-6-16-5-1-2-8-19(16)17/h1-3,5-10,13H,4,11-12,14-15H2,(H,30,31). The van der Waals surface area contributed by atoms with Gasteiger partial charge in [-0.2, -0.15) is 0 Å². The van der Waals surface area contributed by atoms with Crippen LogP contribution in [0.2, 0.25) is 0 Å². The average molecular weight is 416 g/mol. The van der Waals surface area contributed by atoms with E-state index in [4.69, 9.17) is 0 Å². The molecule has 0 spiro atoms. The first kappa shape index (κ1) is 19.3. The van der Waals surface area contributed by atoms with Gasteiger partial charge in [-0.1, -0.05) is 42.5 Å². The molecular formula is C25H21FN2O3. The fourth-order valence-electron chi connectivity index (χ4n) is 4.41. The number of carboxylic acids is 1. The van der Waals surface area contributed by atoms with Crippen LogP contribution in [0.25, 0.3) is 21.7 Å². The van der Waals surface area contributed by atoms with Crippen LogP contribution < -0.4 is 0 Å². The second-order valence-corrected chi connectivity index (χ2v) is 7.93. The second kappa shape index (κ2) is 7.54. The third kappa shape index (κ3) is 3.34. The fourth-order valence-corrected chi connectivity index (χ4v) is 4.41. The highest BCUT2D eigenvalue weighted by Crippen LogP contribution is 2.31. The topological polar surface area (TPSA) is 62.5 Å². The lowest BCUT2D eigenvalue weighted by atomic mass is 10.0. The van der Waals surface area contributed by atoms with Crippen LogP contribution >= 0.6 is 0 Å². The summed E-state index contributed by atoms with van der Waals surface area (Å²) in [5, 5.41) is 12.7. The van der Waals surface area contributed by atoms with Gasteiger partial charge in [0.25, 0.3) is 0 Å². The van der Waals surface area contributed by atoms with Crippen LogP contribution in [0.3, 0.4) is 0 Å². The number of carboxylic acid groups (broad SMARTS) is 1. The molecule has 0 atom stereocenters. The largest absolute Gasteiger partial charge is 0.477 e. The lowest BCUT2D eigenvalue weighted by molar-refractivity contribution is -0.133. The van der Waals surface area contributed by atoms with E-state index in [-0.39, 0.29) is 18.0 Å². The molecule has 6 heteroatoms. The van der Waals surface area contributed by atoms with Gasteiger partial charge in [-0.3, -0.25) is 4.79 Å². The van der Waals surface area contributed by atoms with Crippen LogP contribution in [0.1, 0.15) is 28.0 Å². The predicted molar refractivity (Wildman–Crippen MR) is 117 cm³/mol. The van der Waals surface area contributed by atoms with Gasteiger partial charge in [-0.25, -0.2) is 9.18 Å². The molecule has 1 aromatic heterocycles. The van der Waals surface area contributed by atoms with E-state index in [1.54, 1.807) is 15.5 Å². The van der Waals surface area contributed by atoms with Crippen LogP contribution in [0.4, 0.5) is 4.39 Å². The van der Waals surface area contributed by atoms with Crippen molar-refractivity contribution in [3.8, 4) is 0 Å². The van der Waals surface area contributed by atoms with E-state index in [0.717, 1.165) is 22.8 Å². The number of halogens is 1. The second-order valence-electron chi connectivity index (χ2n) is 7.93. The molecule has 31 heavy (non-hydrogen) atoms. The summed E-state index contributed by atoms with van der Waals surface area (Å²) in [6.07, 6.45) is 0.902. The molecule has 1 aliphatic rings. The van der Waals surface area contributed by atoms with Crippen molar-refractivity contribution in [3.63, 3.8) is 0 Å². The van der Waals surface area contributed by atoms with Crippen LogP contribution in [0.15, 0.2) is 60.7 Å². The van der Waals surface area contributed by atoms with Crippen molar-refractivity contribution >= 4 is 33.6 Å². The molecule has 1 amide bonds. The summed E-state index contributed by atoms with van der Waals surface area (Å²) < 4.78 is 15.8. The van der Waals surface area contributed by atoms with Gasteiger partial charge in [0.2, 0.25) is 5.91 Å². The third-order valence-corrected chi connectivity index (χ3v) is 6.08. The molecule has 5 rings (SSSR count). The number of aromatic nitrogens is 1. The van der Waals surface area contributed by atoms with Crippen molar-refractivity contribution in [1.82, 2.24) is 9.47 Å². The first-order valence-electron chi connectivity index (χ1n) is 10.3. The van der Waals surface area contributed by atoms with Gasteiger partial charge < -0.3 is 14.6 Å². The van der Waals surface area contributed by atoms with E-state index in [0.29, 0.717) is 36.1 Å². The molecule has 1 N–H and O–H groups in total. The highest BCUT2D eigenvalue weighted by Gasteiger charge is 2.28. The number of fused-ring (bicyclic) bond motifs is 2. The molecule has 0 bridgehead atoms. The van der Waals surface area contributed by atoms with E-state index in [1.807, 2.05) is 42.5 Å². The number of hydrogen-bond acceptors (Lipinski definition) is 2. The number of aromatic carboxylic acids is 1. The highest BCUT2D eigenvalue weighted by molar-refractivity contribution is 6.01. The molecule has 0 radical (unpaired) electrons. The van der Waals surface area contributed by atoms with Crippen LogP contribution in [0, 0.1) is 5.82 Å². The fraction of sp³-hybridized carbons (Fsp3) is 0.200. The van der Waals surface area contributed by atoms with E-state index >= 15 is 0 Å². The Morgan fingerprint density at radius 2 is 1.74 bits per heavy atom. The van der Waals surface area contributed by atoms with E-state index in [1.165, 1.54) is 12.1 Å². The van der Waals surface area contributed by atoms with Gasteiger partial charge in [-0.05, 0) is 41.0 Å². The summed E-state index contributed by atoms with van der Waals surface area (Å²) in [6, 6.07) is 18.1. The summed E-state index contributed by atoms with van der Waals surface area (Å²) in [5.41, 5.74) is 1.99. The van der Waals surface area contributed by atoms with Crippen LogP contribution in [-0.2, 0) is 17.8 Å². The van der Waals surface area contributed by atoms with E-state index in [9.17, 15) is 19.1 Å². The van der Waals surface area contributed by atoms with Crippen LogP contribution in [-0.4, -0.2) is 39.5 Å². The predicted octanol–water partition coefficient (Wildman–Crippen LogP) is 4.45. The number of benzene rings is 3. The molecule has 2 heterocycles. The summed E-state index contributed by atoms with van der Waals surface area (Å²) in [6.45, 7) is 1.68. The van der Waals surface area contributed by atoms with E-state index in [2.05, 4.69) is 0 Å². The molecule has 4 aromatic rings. The number of nitrogens with zero attached hydrogens (tertiary/aromatic N) is 2. The molecule has 0 aliphatic carbocycles. The van der Waals surface area contributed by atoms with Gasteiger partial charge in [-0.15, -0.1) is 0 Å². The molecule has 1 saturated heterocycles. The Bertz CT molecular complexity index is 1330. The van der Waals surface area contributed by atoms with Gasteiger partial charge >= 0.3 is 5.97 Å². The van der Waals surface area contributed by atoms with Gasteiger partial charge in [0.05, 0.1) is 6.42 Å². The summed E-state index contributed by atoms with van der Waals surface area (Å²) in [4.78, 5) is 26.7. The Hall–Kier alpha value is -3.67. The Labute approximate surface area is 178 Å². The molecule has 0 saturated carbocycles. The number of amides is 1. The smallest absolute Gasteiger partial charge is 0.352 e. The van der Waals surface area contributed by atoms with Gasteiger partial charge in [0, 0.05) is 36.1 Å². The number of carbonyl (C=O) groups is 2. The van der Waals surface area contributed by atoms with Crippen molar-refractivity contribution in [2.75, 3.05) is 13.1 Å². The molecule has 156 valence electrons. The number of likely N-dealkylation sites (tertiary alicyclic amines) is 1. The van der Waals surface area contributed by atoms with Crippen molar-refractivity contribution in [2.45, 2.75) is 19.4 Å². The maximum atomic E-state index is 14.1. The molecule has 1 fully saturated rings. The molecule has 1 aliphatic heterocycles. The lowest BCUT2D eigenvalue weighted by Crippen LogP contribution is -2.43. The molecular weight excluding hydrogens is 395 g/mol. The Morgan fingerprint density at radius 1 is 0.968 bits per heavy atom. The Morgan fingerprint density at radius 3 is 2.48 bits per heavy atom. The van der Waals surface area contributed by atoms with Crippen molar-refractivity contribution in [1.29, 1.82) is 0 Å². The zero-order chi connectivity index (χ0) is 21.5. The molecule has 0 unspecified atom stereocenters. The van der Waals surface area contributed by atoms with Crippen molar-refractivity contribution in [2.24, 2.45) is 0 Å². The monoisotopic (exact) mass is 416 g/mol. The Kier molecular flexibility index (Phi) is 4.70. The lowest BCUT2D eigenvalue weighted by Gasteiger charge is -2.31. The summed E-state index contributed by atoms with van der Waals surface area (Å²) >= 11 is 0. The zero-order valence-corrected chi connectivity index (χ0v) is 16.8. The molecule has 5 nitrogen and oxygen atoms in total. The Balaban J connectivity index is 1.69. The van der Waals surface area contributed by atoms with Crippen molar-refractivity contribution < 1.29 is 19.1 Å². The first-order chi connectivity index (χ1) is 15.0. The highest BCUT2D eigenvalue weighted by atomic mass is 19.1. The quantitative estimate of drug-likeness (QED) is 0.523. The van der Waals surface area contributed by atoms with Crippen LogP contribution in [0.5, 0.6) is 0 Å². The van der Waals surface area contributed by atoms with Gasteiger partial charge in [0.1, 0.15) is 11.5 Å². The van der Waals surface area contributed by atoms with E-state index < -0.39 is 11.8 Å². The minimum Gasteiger partial charge on any atom is -0.477 e. The van der Waals surface area contributed by atoms with Crippen molar-refractivity contribution in [3.05, 3.63) is 83.3 Å². The number of rotatable bonds is 5. The minimum atomic E-state index is -1.12. The normalized spacial score (nSPS) is 13.5. The third-order valence-electron chi connectivity index (χ3n) is 6.08. The average Bonchev–Trinajstić information content (AvgIpc) is 2.99. The minimum absolute atomic E-state index is 0.0439. The number of hydrogen-bond donors (Lipinski definition) is 1.